The molecule has 0 fully saturated rings. The Hall–Kier alpha value is -0.970. The van der Waals surface area contributed by atoms with Crippen LogP contribution in [0.4, 0.5) is 0 Å². The van der Waals surface area contributed by atoms with E-state index in [0.717, 1.165) is 5.56 Å². The summed E-state index contributed by atoms with van der Waals surface area (Å²) in [6.07, 6.45) is 2.92. The summed E-state index contributed by atoms with van der Waals surface area (Å²) in [7, 11) is 0. The lowest BCUT2D eigenvalue weighted by molar-refractivity contribution is 0.0518. The predicted molar refractivity (Wildman–Crippen MR) is 50.6 cm³/mol. The van der Waals surface area contributed by atoms with Crippen molar-refractivity contribution in [2.75, 3.05) is 6.61 Å². The molecule has 0 aliphatic heterocycles. The van der Waals surface area contributed by atoms with Gasteiger partial charge in [-0.25, -0.2) is 14.8 Å². The SMILES string of the molecule is CCOC(=O)c1ncncc1CBr. The highest BCUT2D eigenvalue weighted by molar-refractivity contribution is 9.08. The average molecular weight is 245 g/mol. The van der Waals surface area contributed by atoms with E-state index in [1.165, 1.54) is 6.33 Å². The smallest absolute Gasteiger partial charge is 0.357 e. The first-order chi connectivity index (χ1) is 6.29. The van der Waals surface area contributed by atoms with E-state index < -0.39 is 5.97 Å². The van der Waals surface area contributed by atoms with Crippen LogP contribution in [0.2, 0.25) is 0 Å². The van der Waals surface area contributed by atoms with Gasteiger partial charge in [-0.1, -0.05) is 15.9 Å². The molecule has 0 aliphatic carbocycles. The molecule has 0 bridgehead atoms. The number of ether oxygens (including phenoxy) is 1. The van der Waals surface area contributed by atoms with Gasteiger partial charge in [0, 0.05) is 17.1 Å². The number of esters is 1. The number of aromatic nitrogens is 2. The fraction of sp³-hybridized carbons (Fsp3) is 0.375. The number of nitrogens with zero attached hydrogens (tertiary/aromatic N) is 2. The summed E-state index contributed by atoms with van der Waals surface area (Å²) in [5.41, 5.74) is 1.06. The lowest BCUT2D eigenvalue weighted by atomic mass is 10.2. The summed E-state index contributed by atoms with van der Waals surface area (Å²) in [6.45, 7) is 2.11. The zero-order valence-corrected chi connectivity index (χ0v) is 8.74. The second-order valence-electron chi connectivity index (χ2n) is 2.25. The molecule has 70 valence electrons. The minimum atomic E-state index is -0.403. The molecule has 0 atom stereocenters. The maximum atomic E-state index is 11.3. The number of carbonyl (C=O) groups excluding carboxylic acids is 1. The van der Waals surface area contributed by atoms with Crippen molar-refractivity contribution in [3.63, 3.8) is 0 Å². The summed E-state index contributed by atoms with van der Waals surface area (Å²) in [4.78, 5) is 19.0. The Bertz CT molecular complexity index is 304. The van der Waals surface area contributed by atoms with Gasteiger partial charge in [-0.15, -0.1) is 0 Å². The van der Waals surface area contributed by atoms with Gasteiger partial charge in [-0.2, -0.15) is 0 Å². The minimum Gasteiger partial charge on any atom is -0.461 e. The molecule has 1 aromatic rings. The topological polar surface area (TPSA) is 52.1 Å². The molecule has 0 aromatic carbocycles. The molecule has 0 aliphatic rings. The van der Waals surface area contributed by atoms with Crippen LogP contribution in [0.5, 0.6) is 0 Å². The molecule has 0 saturated carbocycles. The van der Waals surface area contributed by atoms with Crippen molar-refractivity contribution < 1.29 is 9.53 Å². The van der Waals surface area contributed by atoms with Gasteiger partial charge < -0.3 is 4.74 Å². The van der Waals surface area contributed by atoms with E-state index in [2.05, 4.69) is 25.9 Å². The first-order valence-electron chi connectivity index (χ1n) is 3.81. The fourth-order valence-corrected chi connectivity index (χ4v) is 1.25. The molecule has 0 radical (unpaired) electrons. The zero-order chi connectivity index (χ0) is 9.68. The maximum absolute atomic E-state index is 11.3. The molecule has 4 nitrogen and oxygen atoms in total. The van der Waals surface area contributed by atoms with Gasteiger partial charge in [0.05, 0.1) is 6.61 Å². The molecule has 0 unspecified atom stereocenters. The van der Waals surface area contributed by atoms with E-state index >= 15 is 0 Å². The first kappa shape index (κ1) is 10.1. The van der Waals surface area contributed by atoms with Crippen molar-refractivity contribution in [1.29, 1.82) is 0 Å². The molecule has 1 rings (SSSR count). The normalized spacial score (nSPS) is 9.69. The highest BCUT2D eigenvalue weighted by Crippen LogP contribution is 2.09. The van der Waals surface area contributed by atoms with Crippen molar-refractivity contribution >= 4 is 21.9 Å². The van der Waals surface area contributed by atoms with E-state index in [1.807, 2.05) is 0 Å². The van der Waals surface area contributed by atoms with E-state index in [-0.39, 0.29) is 0 Å². The third-order valence-corrected chi connectivity index (χ3v) is 2.00. The fourth-order valence-electron chi connectivity index (χ4n) is 0.839. The molecule has 13 heavy (non-hydrogen) atoms. The molecule has 5 heteroatoms. The van der Waals surface area contributed by atoms with Crippen LogP contribution in [0.15, 0.2) is 12.5 Å². The Kier molecular flexibility index (Phi) is 3.82. The molecule has 0 amide bonds. The third-order valence-electron chi connectivity index (χ3n) is 1.40. The molecule has 0 spiro atoms. The van der Waals surface area contributed by atoms with E-state index in [1.54, 1.807) is 13.1 Å². The quantitative estimate of drug-likeness (QED) is 0.598. The van der Waals surface area contributed by atoms with E-state index in [4.69, 9.17) is 4.74 Å². The highest BCUT2D eigenvalue weighted by Gasteiger charge is 2.12. The number of hydrogen-bond acceptors (Lipinski definition) is 4. The molecular weight excluding hydrogens is 236 g/mol. The summed E-state index contributed by atoms with van der Waals surface area (Å²) in [5, 5.41) is 0.544. The van der Waals surface area contributed by atoms with Gasteiger partial charge >= 0.3 is 5.97 Å². The van der Waals surface area contributed by atoms with Gasteiger partial charge in [0.1, 0.15) is 6.33 Å². The molecule has 0 saturated heterocycles. The minimum absolute atomic E-state index is 0.328. The van der Waals surface area contributed by atoms with Crippen molar-refractivity contribution in [3.05, 3.63) is 23.8 Å². The van der Waals surface area contributed by atoms with Crippen molar-refractivity contribution in [3.8, 4) is 0 Å². The Morgan fingerprint density at radius 2 is 2.46 bits per heavy atom. The zero-order valence-electron chi connectivity index (χ0n) is 7.16. The monoisotopic (exact) mass is 244 g/mol. The largest absolute Gasteiger partial charge is 0.461 e. The van der Waals surface area contributed by atoms with Crippen LogP contribution >= 0.6 is 15.9 Å². The lowest BCUT2D eigenvalue weighted by Gasteiger charge is -2.03. The molecule has 1 aromatic heterocycles. The summed E-state index contributed by atoms with van der Waals surface area (Å²) in [6, 6.07) is 0. The average Bonchev–Trinajstić information content (AvgIpc) is 2.18. The summed E-state index contributed by atoms with van der Waals surface area (Å²) in [5.74, 6) is -0.403. The molecule has 1 heterocycles. The van der Waals surface area contributed by atoms with Crippen LogP contribution in [0, 0.1) is 0 Å². The standard InChI is InChI=1S/C8H9BrN2O2/c1-2-13-8(12)7-6(3-9)4-10-5-11-7/h4-5H,2-3H2,1H3. The van der Waals surface area contributed by atoms with Crippen LogP contribution in [0.1, 0.15) is 23.0 Å². The van der Waals surface area contributed by atoms with Crippen molar-refractivity contribution in [1.82, 2.24) is 9.97 Å². The summed E-state index contributed by atoms with van der Waals surface area (Å²) >= 11 is 3.24. The lowest BCUT2D eigenvalue weighted by Crippen LogP contribution is -2.10. The van der Waals surface area contributed by atoms with Gasteiger partial charge in [0.2, 0.25) is 0 Å². The first-order valence-corrected chi connectivity index (χ1v) is 4.93. The molecular formula is C8H9BrN2O2. The number of rotatable bonds is 3. The van der Waals surface area contributed by atoms with Crippen LogP contribution < -0.4 is 0 Å². The van der Waals surface area contributed by atoms with Crippen molar-refractivity contribution in [2.24, 2.45) is 0 Å². The highest BCUT2D eigenvalue weighted by atomic mass is 79.9. The Balaban J connectivity index is 2.92. The van der Waals surface area contributed by atoms with Crippen LogP contribution in [0.25, 0.3) is 0 Å². The van der Waals surface area contributed by atoms with Crippen LogP contribution in [-0.2, 0) is 10.1 Å². The van der Waals surface area contributed by atoms with Gasteiger partial charge in [-0.3, -0.25) is 0 Å². The Morgan fingerprint density at radius 1 is 1.69 bits per heavy atom. The molecule has 0 N–H and O–H groups in total. The number of carbonyl (C=O) groups is 1. The number of hydrogen-bond donors (Lipinski definition) is 0. The van der Waals surface area contributed by atoms with Crippen LogP contribution in [-0.4, -0.2) is 22.5 Å². The Labute approximate surface area is 84.5 Å². The third kappa shape index (κ3) is 2.48. The van der Waals surface area contributed by atoms with Crippen LogP contribution in [0.3, 0.4) is 0 Å². The van der Waals surface area contributed by atoms with E-state index in [9.17, 15) is 4.79 Å². The number of alkyl halides is 1. The van der Waals surface area contributed by atoms with E-state index in [0.29, 0.717) is 17.6 Å². The second-order valence-corrected chi connectivity index (χ2v) is 2.81. The summed E-state index contributed by atoms with van der Waals surface area (Å²) < 4.78 is 4.82. The number of halogens is 1. The van der Waals surface area contributed by atoms with Gasteiger partial charge in [0.15, 0.2) is 5.69 Å². The maximum Gasteiger partial charge on any atom is 0.357 e. The predicted octanol–water partition coefficient (Wildman–Crippen LogP) is 1.55. The Morgan fingerprint density at radius 3 is 3.08 bits per heavy atom. The van der Waals surface area contributed by atoms with Crippen molar-refractivity contribution in [2.45, 2.75) is 12.3 Å². The van der Waals surface area contributed by atoms with Gasteiger partial charge in [-0.05, 0) is 6.92 Å². The van der Waals surface area contributed by atoms with Gasteiger partial charge in [0.25, 0.3) is 0 Å². The second kappa shape index (κ2) is 4.91.